The van der Waals surface area contributed by atoms with Crippen LogP contribution < -0.4 is 23.7 Å². The van der Waals surface area contributed by atoms with Gasteiger partial charge in [-0.05, 0) is 44.2 Å². The van der Waals surface area contributed by atoms with E-state index in [4.69, 9.17) is 33.2 Å². The third-order valence-electron chi connectivity index (χ3n) is 6.08. The second kappa shape index (κ2) is 8.85. The first-order valence-electron chi connectivity index (χ1n) is 11.2. The van der Waals surface area contributed by atoms with Gasteiger partial charge < -0.3 is 28.1 Å². The van der Waals surface area contributed by atoms with Crippen molar-refractivity contribution < 1.29 is 28.1 Å². The summed E-state index contributed by atoms with van der Waals surface area (Å²) in [6.45, 7) is 4.43. The Morgan fingerprint density at radius 1 is 1.00 bits per heavy atom. The summed E-state index contributed by atoms with van der Waals surface area (Å²) in [6.07, 6.45) is 0.140. The number of para-hydroxylation sites is 1. The van der Waals surface area contributed by atoms with E-state index in [0.717, 1.165) is 34.1 Å². The predicted molar refractivity (Wildman–Crippen MR) is 126 cm³/mol. The second-order valence-corrected chi connectivity index (χ2v) is 8.09. The second-order valence-electron chi connectivity index (χ2n) is 8.09. The van der Waals surface area contributed by atoms with Gasteiger partial charge in [-0.25, -0.2) is 5.01 Å². The van der Waals surface area contributed by atoms with Crippen molar-refractivity contribution in [3.05, 3.63) is 65.1 Å². The van der Waals surface area contributed by atoms with Gasteiger partial charge in [0.05, 0.1) is 34.0 Å². The van der Waals surface area contributed by atoms with E-state index in [1.807, 2.05) is 55.3 Å². The Balaban J connectivity index is 1.65. The van der Waals surface area contributed by atoms with Crippen molar-refractivity contribution in [3.63, 3.8) is 0 Å². The number of aryl methyl sites for hydroxylation is 1. The molecule has 3 aromatic rings. The molecule has 2 aliphatic heterocycles. The number of furan rings is 1. The molecule has 0 N–H and O–H groups in total. The first-order chi connectivity index (χ1) is 16.6. The molecule has 2 aliphatic rings. The van der Waals surface area contributed by atoms with Crippen molar-refractivity contribution >= 4 is 5.71 Å². The lowest BCUT2D eigenvalue weighted by Crippen LogP contribution is -2.34. The number of hydrogen-bond donors (Lipinski definition) is 0. The molecule has 0 saturated heterocycles. The number of nitrogens with zero attached hydrogens (tertiary/aromatic N) is 2. The first kappa shape index (κ1) is 22.0. The van der Waals surface area contributed by atoms with Gasteiger partial charge in [0.25, 0.3) is 0 Å². The van der Waals surface area contributed by atoms with Crippen molar-refractivity contribution in [2.75, 3.05) is 27.9 Å². The SMILES string of the molecule is CCOc1cccc2c1O[C@@H](c1cc(OC)c(OC)c(OC)c1)N1N=C(c3ccc(C)o3)C[C@@H]21. The molecule has 0 radical (unpaired) electrons. The van der Waals surface area contributed by atoms with E-state index in [2.05, 4.69) is 6.07 Å². The lowest BCUT2D eigenvalue weighted by Gasteiger charge is -2.39. The predicted octanol–water partition coefficient (Wildman–Crippen LogP) is 5.25. The number of ether oxygens (including phenoxy) is 5. The van der Waals surface area contributed by atoms with E-state index in [-0.39, 0.29) is 6.04 Å². The highest BCUT2D eigenvalue weighted by molar-refractivity contribution is 5.99. The minimum atomic E-state index is -0.540. The van der Waals surface area contributed by atoms with E-state index in [1.54, 1.807) is 21.3 Å². The molecule has 0 saturated carbocycles. The van der Waals surface area contributed by atoms with Gasteiger partial charge in [0.1, 0.15) is 17.2 Å². The Morgan fingerprint density at radius 2 is 1.76 bits per heavy atom. The maximum atomic E-state index is 6.59. The summed E-state index contributed by atoms with van der Waals surface area (Å²) >= 11 is 0. The van der Waals surface area contributed by atoms with Gasteiger partial charge in [0.2, 0.25) is 12.0 Å². The Hall–Kier alpha value is -3.81. The lowest BCUT2D eigenvalue weighted by atomic mass is 9.97. The molecule has 2 atom stereocenters. The molecule has 5 rings (SSSR count). The van der Waals surface area contributed by atoms with Crippen LogP contribution in [0.3, 0.4) is 0 Å². The van der Waals surface area contributed by atoms with Crippen LogP contribution >= 0.6 is 0 Å². The third kappa shape index (κ3) is 3.59. The zero-order valence-electron chi connectivity index (χ0n) is 20.0. The van der Waals surface area contributed by atoms with Crippen molar-refractivity contribution in [2.24, 2.45) is 5.10 Å². The summed E-state index contributed by atoms with van der Waals surface area (Å²) in [5.41, 5.74) is 2.71. The molecule has 178 valence electrons. The van der Waals surface area contributed by atoms with Crippen LogP contribution in [0.1, 0.15) is 48.3 Å². The van der Waals surface area contributed by atoms with Crippen LogP contribution in [0.15, 0.2) is 52.0 Å². The summed E-state index contributed by atoms with van der Waals surface area (Å²) in [7, 11) is 4.78. The van der Waals surface area contributed by atoms with Gasteiger partial charge in [0, 0.05) is 17.5 Å². The van der Waals surface area contributed by atoms with E-state index < -0.39 is 6.23 Å². The van der Waals surface area contributed by atoms with Crippen LogP contribution in [0.5, 0.6) is 28.7 Å². The van der Waals surface area contributed by atoms with Crippen LogP contribution in [0, 0.1) is 6.92 Å². The molecule has 34 heavy (non-hydrogen) atoms. The smallest absolute Gasteiger partial charge is 0.214 e. The molecule has 3 heterocycles. The first-order valence-corrected chi connectivity index (χ1v) is 11.2. The Morgan fingerprint density at radius 3 is 2.38 bits per heavy atom. The lowest BCUT2D eigenvalue weighted by molar-refractivity contribution is -0.0214. The molecule has 1 aromatic heterocycles. The van der Waals surface area contributed by atoms with Crippen molar-refractivity contribution in [1.82, 2.24) is 5.01 Å². The largest absolute Gasteiger partial charge is 0.493 e. The zero-order valence-corrected chi connectivity index (χ0v) is 20.0. The zero-order chi connectivity index (χ0) is 23.8. The molecular weight excluding hydrogens is 436 g/mol. The molecule has 0 aliphatic carbocycles. The van der Waals surface area contributed by atoms with Crippen LogP contribution in [-0.4, -0.2) is 38.7 Å². The van der Waals surface area contributed by atoms with Crippen LogP contribution in [0.25, 0.3) is 0 Å². The Kier molecular flexibility index (Phi) is 5.73. The molecule has 2 aromatic carbocycles. The monoisotopic (exact) mass is 464 g/mol. The normalized spacial score (nSPS) is 18.5. The van der Waals surface area contributed by atoms with Crippen LogP contribution in [-0.2, 0) is 0 Å². The Labute approximate surface area is 198 Å². The molecule has 0 bridgehead atoms. The minimum Gasteiger partial charge on any atom is -0.493 e. The summed E-state index contributed by atoms with van der Waals surface area (Å²) in [6, 6.07) is 13.6. The standard InChI is InChI=1S/C26H28N2O6/c1-6-32-21-9-7-8-17-19-14-18(20-11-10-15(2)33-20)27-28(19)26(34-24(17)21)16-12-22(29-3)25(31-5)23(13-16)30-4/h7-13,19,26H,6,14H2,1-5H3/t19-,26-/m0/s1. The Bertz CT molecular complexity index is 1210. The number of hydrogen-bond acceptors (Lipinski definition) is 8. The average molecular weight is 465 g/mol. The third-order valence-corrected chi connectivity index (χ3v) is 6.08. The molecule has 0 spiro atoms. The number of rotatable bonds is 7. The quantitative estimate of drug-likeness (QED) is 0.472. The van der Waals surface area contributed by atoms with Crippen LogP contribution in [0.2, 0.25) is 0 Å². The fraction of sp³-hybridized carbons (Fsp3) is 0.346. The van der Waals surface area contributed by atoms with Crippen LogP contribution in [0.4, 0.5) is 0 Å². The summed E-state index contributed by atoms with van der Waals surface area (Å²) in [4.78, 5) is 0. The molecule has 0 unspecified atom stereocenters. The summed E-state index contributed by atoms with van der Waals surface area (Å²) in [5, 5.41) is 6.94. The highest BCUT2D eigenvalue weighted by Crippen LogP contribution is 2.52. The number of hydrazone groups is 1. The van der Waals surface area contributed by atoms with Gasteiger partial charge in [-0.3, -0.25) is 0 Å². The average Bonchev–Trinajstić information content (AvgIpc) is 3.49. The molecular formula is C26H28N2O6. The van der Waals surface area contributed by atoms with Crippen molar-refractivity contribution in [3.8, 4) is 28.7 Å². The number of fused-ring (bicyclic) bond motifs is 3. The highest BCUT2D eigenvalue weighted by Gasteiger charge is 2.43. The molecule has 8 heteroatoms. The van der Waals surface area contributed by atoms with E-state index >= 15 is 0 Å². The van der Waals surface area contributed by atoms with E-state index in [0.29, 0.717) is 36.0 Å². The van der Waals surface area contributed by atoms with E-state index in [9.17, 15) is 0 Å². The van der Waals surface area contributed by atoms with Gasteiger partial charge >= 0.3 is 0 Å². The van der Waals surface area contributed by atoms with Gasteiger partial charge in [-0.1, -0.05) is 12.1 Å². The van der Waals surface area contributed by atoms with Crippen molar-refractivity contribution in [1.29, 1.82) is 0 Å². The molecule has 0 fully saturated rings. The highest BCUT2D eigenvalue weighted by atomic mass is 16.5. The fourth-order valence-corrected chi connectivity index (χ4v) is 4.56. The molecule has 0 amide bonds. The van der Waals surface area contributed by atoms with Crippen molar-refractivity contribution in [2.45, 2.75) is 32.5 Å². The van der Waals surface area contributed by atoms with Gasteiger partial charge in [-0.2, -0.15) is 5.10 Å². The van der Waals surface area contributed by atoms with Gasteiger partial charge in [0.15, 0.2) is 23.0 Å². The summed E-state index contributed by atoms with van der Waals surface area (Å²) < 4.78 is 35.1. The maximum Gasteiger partial charge on any atom is 0.214 e. The fourth-order valence-electron chi connectivity index (χ4n) is 4.56. The molecule has 8 nitrogen and oxygen atoms in total. The van der Waals surface area contributed by atoms with Gasteiger partial charge in [-0.15, -0.1) is 0 Å². The maximum absolute atomic E-state index is 6.59. The minimum absolute atomic E-state index is 0.0475. The van der Waals surface area contributed by atoms with E-state index in [1.165, 1.54) is 0 Å². The topological polar surface area (TPSA) is 74.9 Å². The number of benzene rings is 2. The summed E-state index contributed by atoms with van der Waals surface area (Å²) in [5.74, 6) is 4.65. The number of methoxy groups -OCH3 is 3.